The summed E-state index contributed by atoms with van der Waals surface area (Å²) in [6, 6.07) is 7.71. The molecule has 140 valence electrons. The number of aromatic nitrogens is 4. The van der Waals surface area contributed by atoms with Crippen molar-refractivity contribution in [2.75, 3.05) is 18.8 Å². The van der Waals surface area contributed by atoms with Crippen LogP contribution in [0.2, 0.25) is 0 Å². The second-order valence-corrected chi connectivity index (χ2v) is 8.34. The van der Waals surface area contributed by atoms with E-state index in [1.165, 1.54) is 11.8 Å². The maximum absolute atomic E-state index is 12.5. The molecular weight excluding hydrogens is 428 g/mol. The standard InChI is InChI=1S/C18H19BrN6OS/c1-11-15-16(20)25(13-6-4-12(19)5-7-13)18(21-17(15)23-22-11)27-10-14(26)24-8-2-3-9-24/h4-7,20H,2-3,8-10H2,1H3,(H,22,23). The molecule has 1 fully saturated rings. The monoisotopic (exact) mass is 446 g/mol. The number of fused-ring (bicyclic) bond motifs is 1. The average molecular weight is 447 g/mol. The Morgan fingerprint density at radius 3 is 2.70 bits per heavy atom. The Bertz CT molecular complexity index is 1050. The molecule has 0 saturated carbocycles. The van der Waals surface area contributed by atoms with Crippen LogP contribution in [-0.4, -0.2) is 49.4 Å². The molecule has 0 bridgehead atoms. The maximum Gasteiger partial charge on any atom is 0.233 e. The molecule has 9 heteroatoms. The third-order valence-electron chi connectivity index (χ3n) is 4.65. The van der Waals surface area contributed by atoms with Crippen molar-refractivity contribution in [2.24, 2.45) is 0 Å². The second-order valence-electron chi connectivity index (χ2n) is 6.48. The van der Waals surface area contributed by atoms with Crippen molar-refractivity contribution in [3.8, 4) is 5.69 Å². The van der Waals surface area contributed by atoms with Gasteiger partial charge in [0.1, 0.15) is 5.49 Å². The van der Waals surface area contributed by atoms with Crippen molar-refractivity contribution >= 4 is 44.6 Å². The number of aryl methyl sites for hydroxylation is 1. The van der Waals surface area contributed by atoms with Gasteiger partial charge in [0.15, 0.2) is 10.8 Å². The van der Waals surface area contributed by atoms with Crippen LogP contribution in [0, 0.1) is 12.3 Å². The van der Waals surface area contributed by atoms with Gasteiger partial charge < -0.3 is 4.90 Å². The molecule has 2 N–H and O–H groups in total. The molecule has 1 aromatic carbocycles. The largest absolute Gasteiger partial charge is 0.342 e. The van der Waals surface area contributed by atoms with Crippen LogP contribution in [0.25, 0.3) is 16.7 Å². The first kappa shape index (κ1) is 18.2. The molecule has 3 heterocycles. The van der Waals surface area contributed by atoms with E-state index < -0.39 is 0 Å². The Labute approximate surface area is 168 Å². The predicted molar refractivity (Wildman–Crippen MR) is 108 cm³/mol. The number of amides is 1. The van der Waals surface area contributed by atoms with Crippen LogP contribution in [0.3, 0.4) is 0 Å². The number of thioether (sulfide) groups is 1. The van der Waals surface area contributed by atoms with Crippen molar-refractivity contribution < 1.29 is 4.79 Å². The zero-order chi connectivity index (χ0) is 19.0. The van der Waals surface area contributed by atoms with Gasteiger partial charge in [0, 0.05) is 28.9 Å². The van der Waals surface area contributed by atoms with E-state index in [1.54, 1.807) is 4.57 Å². The van der Waals surface area contributed by atoms with E-state index in [-0.39, 0.29) is 5.91 Å². The predicted octanol–water partition coefficient (Wildman–Crippen LogP) is 3.01. The number of H-pyrrole nitrogens is 1. The highest BCUT2D eigenvalue weighted by Crippen LogP contribution is 2.23. The highest BCUT2D eigenvalue weighted by atomic mass is 79.9. The topological polar surface area (TPSA) is 90.7 Å². The van der Waals surface area contributed by atoms with Crippen LogP contribution in [-0.2, 0) is 4.79 Å². The summed E-state index contributed by atoms with van der Waals surface area (Å²) in [6.45, 7) is 3.55. The number of hydrogen-bond acceptors (Lipinski definition) is 5. The zero-order valence-electron chi connectivity index (χ0n) is 14.8. The molecular formula is C18H19BrN6OS. The van der Waals surface area contributed by atoms with E-state index in [0.29, 0.717) is 27.4 Å². The molecule has 3 aromatic rings. The maximum atomic E-state index is 12.5. The summed E-state index contributed by atoms with van der Waals surface area (Å²) in [4.78, 5) is 19.0. The fraction of sp³-hybridized carbons (Fsp3) is 0.333. The Morgan fingerprint density at radius 2 is 2.00 bits per heavy atom. The average Bonchev–Trinajstić information content (AvgIpc) is 3.31. The minimum Gasteiger partial charge on any atom is -0.342 e. The first-order valence-electron chi connectivity index (χ1n) is 8.73. The molecule has 4 rings (SSSR count). The third-order valence-corrected chi connectivity index (χ3v) is 6.10. The number of halogens is 1. The van der Waals surface area contributed by atoms with Crippen molar-refractivity contribution in [2.45, 2.75) is 24.9 Å². The smallest absolute Gasteiger partial charge is 0.233 e. The summed E-state index contributed by atoms with van der Waals surface area (Å²) in [6.07, 6.45) is 2.14. The summed E-state index contributed by atoms with van der Waals surface area (Å²) in [5.41, 5.74) is 2.44. The van der Waals surface area contributed by atoms with Gasteiger partial charge in [0.2, 0.25) is 5.91 Å². The summed E-state index contributed by atoms with van der Waals surface area (Å²) in [7, 11) is 0. The van der Waals surface area contributed by atoms with Crippen molar-refractivity contribution in [1.82, 2.24) is 24.6 Å². The van der Waals surface area contributed by atoms with Gasteiger partial charge in [-0.3, -0.25) is 19.9 Å². The number of rotatable bonds is 4. The Kier molecular flexibility index (Phi) is 5.05. The number of benzene rings is 1. The molecule has 0 aliphatic carbocycles. The number of nitrogens with zero attached hydrogens (tertiary/aromatic N) is 4. The van der Waals surface area contributed by atoms with Crippen molar-refractivity contribution in [1.29, 1.82) is 5.41 Å². The van der Waals surface area contributed by atoms with Crippen LogP contribution in [0.1, 0.15) is 18.5 Å². The molecule has 27 heavy (non-hydrogen) atoms. The lowest BCUT2D eigenvalue weighted by Crippen LogP contribution is -2.29. The quantitative estimate of drug-likeness (QED) is 0.475. The molecule has 0 atom stereocenters. The summed E-state index contributed by atoms with van der Waals surface area (Å²) < 4.78 is 2.74. The number of aromatic amines is 1. The number of likely N-dealkylation sites (tertiary alicyclic amines) is 1. The van der Waals surface area contributed by atoms with Crippen molar-refractivity contribution in [3.63, 3.8) is 0 Å². The SMILES string of the molecule is Cc1[nH]nc2nc(SCC(=O)N3CCCC3)n(-c3ccc(Br)cc3)c(=N)c12. The lowest BCUT2D eigenvalue weighted by molar-refractivity contribution is -0.127. The summed E-state index contributed by atoms with van der Waals surface area (Å²) in [5.74, 6) is 0.421. The van der Waals surface area contributed by atoms with E-state index in [0.717, 1.165) is 41.8 Å². The van der Waals surface area contributed by atoms with Crippen LogP contribution in [0.4, 0.5) is 0 Å². The zero-order valence-corrected chi connectivity index (χ0v) is 17.2. The number of carbonyl (C=O) groups excluding carboxylic acids is 1. The van der Waals surface area contributed by atoms with Gasteiger partial charge in [-0.15, -0.1) is 0 Å². The fourth-order valence-electron chi connectivity index (χ4n) is 3.24. The molecule has 1 amide bonds. The third kappa shape index (κ3) is 3.53. The molecule has 7 nitrogen and oxygen atoms in total. The van der Waals surface area contributed by atoms with Gasteiger partial charge in [-0.05, 0) is 44.0 Å². The van der Waals surface area contributed by atoms with Gasteiger partial charge in [-0.2, -0.15) is 5.10 Å². The van der Waals surface area contributed by atoms with Gasteiger partial charge >= 0.3 is 0 Å². The van der Waals surface area contributed by atoms with Gasteiger partial charge in [-0.25, -0.2) is 4.98 Å². The molecule has 0 radical (unpaired) electrons. The van der Waals surface area contributed by atoms with E-state index in [1.807, 2.05) is 36.1 Å². The molecule has 1 saturated heterocycles. The van der Waals surface area contributed by atoms with Crippen LogP contribution in [0.15, 0.2) is 33.9 Å². The van der Waals surface area contributed by atoms with Gasteiger partial charge in [0.05, 0.1) is 11.1 Å². The number of carbonyl (C=O) groups is 1. The van der Waals surface area contributed by atoms with Crippen LogP contribution in [0.5, 0.6) is 0 Å². The fourth-order valence-corrected chi connectivity index (χ4v) is 4.42. The highest BCUT2D eigenvalue weighted by molar-refractivity contribution is 9.10. The lowest BCUT2D eigenvalue weighted by atomic mass is 10.3. The minimum absolute atomic E-state index is 0.117. The first-order valence-corrected chi connectivity index (χ1v) is 10.5. The molecule has 1 aliphatic rings. The lowest BCUT2D eigenvalue weighted by Gasteiger charge is -2.16. The summed E-state index contributed by atoms with van der Waals surface area (Å²) in [5, 5.41) is 17.1. The van der Waals surface area contributed by atoms with E-state index >= 15 is 0 Å². The van der Waals surface area contributed by atoms with E-state index in [2.05, 4.69) is 31.1 Å². The summed E-state index contributed by atoms with van der Waals surface area (Å²) >= 11 is 4.80. The van der Waals surface area contributed by atoms with Gasteiger partial charge in [-0.1, -0.05) is 27.7 Å². The normalized spacial score (nSPS) is 14.2. The van der Waals surface area contributed by atoms with E-state index in [9.17, 15) is 4.79 Å². The van der Waals surface area contributed by atoms with Crippen LogP contribution >= 0.6 is 27.7 Å². The van der Waals surface area contributed by atoms with Crippen molar-refractivity contribution in [3.05, 3.63) is 39.9 Å². The van der Waals surface area contributed by atoms with E-state index in [4.69, 9.17) is 5.41 Å². The molecule has 1 aliphatic heterocycles. The first-order chi connectivity index (χ1) is 13.0. The Hall–Kier alpha value is -2.13. The second kappa shape index (κ2) is 7.47. The Balaban J connectivity index is 1.75. The number of nitrogens with one attached hydrogen (secondary N) is 2. The molecule has 2 aromatic heterocycles. The number of hydrogen-bond donors (Lipinski definition) is 2. The van der Waals surface area contributed by atoms with Crippen LogP contribution < -0.4 is 5.49 Å². The molecule has 0 unspecified atom stereocenters. The van der Waals surface area contributed by atoms with Gasteiger partial charge in [0.25, 0.3) is 0 Å². The molecule has 0 spiro atoms. The minimum atomic E-state index is 0.117. The Morgan fingerprint density at radius 1 is 1.30 bits per heavy atom. The highest BCUT2D eigenvalue weighted by Gasteiger charge is 2.20.